The van der Waals surface area contributed by atoms with Crippen molar-refractivity contribution in [3.8, 4) is 11.1 Å². The number of hydrogen-bond acceptors (Lipinski definition) is 2. The maximum atomic E-state index is 6.66. The van der Waals surface area contributed by atoms with Crippen LogP contribution in [-0.2, 0) is 0 Å². The largest absolute Gasteiger partial charge is 0.456 e. The molecule has 0 atom stereocenters. The van der Waals surface area contributed by atoms with E-state index in [1.54, 1.807) is 0 Å². The maximum Gasteiger partial charge on any atom is 0.136 e. The smallest absolute Gasteiger partial charge is 0.136 e. The fourth-order valence-electron chi connectivity index (χ4n) is 9.29. The van der Waals surface area contributed by atoms with Crippen molar-refractivity contribution in [2.24, 2.45) is 0 Å². The maximum absolute atomic E-state index is 6.66. The van der Waals surface area contributed by atoms with Crippen LogP contribution < -0.4 is 4.90 Å². The van der Waals surface area contributed by atoms with E-state index in [-0.39, 0.29) is 0 Å². The molecule has 0 spiro atoms. The predicted molar refractivity (Wildman–Crippen MR) is 239 cm³/mol. The highest BCUT2D eigenvalue weighted by atomic mass is 16.3. The number of fused-ring (bicyclic) bond motifs is 12. The number of benzene rings is 11. The highest BCUT2D eigenvalue weighted by Crippen LogP contribution is 2.49. The quantitative estimate of drug-likeness (QED) is 0.133. The van der Waals surface area contributed by atoms with Crippen molar-refractivity contribution in [1.82, 2.24) is 0 Å². The third-order valence-electron chi connectivity index (χ3n) is 11.8. The van der Waals surface area contributed by atoms with E-state index < -0.39 is 0 Å². The third-order valence-corrected chi connectivity index (χ3v) is 11.8. The number of furan rings is 1. The first kappa shape index (κ1) is 31.0. The summed E-state index contributed by atoms with van der Waals surface area (Å²) >= 11 is 0. The summed E-state index contributed by atoms with van der Waals surface area (Å²) in [5.74, 6) is 0. The molecule has 1 aromatic heterocycles. The van der Waals surface area contributed by atoms with Crippen molar-refractivity contribution in [3.63, 3.8) is 0 Å². The zero-order valence-corrected chi connectivity index (χ0v) is 30.4. The highest BCUT2D eigenvalue weighted by Gasteiger charge is 2.23. The molecule has 1 heterocycles. The third kappa shape index (κ3) is 4.57. The fraction of sp³-hybridized carbons (Fsp3) is 0. The Kier molecular flexibility index (Phi) is 6.66. The lowest BCUT2D eigenvalue weighted by atomic mass is 9.89. The first-order valence-electron chi connectivity index (χ1n) is 19.3. The van der Waals surface area contributed by atoms with Crippen LogP contribution in [0.15, 0.2) is 205 Å². The SMILES string of the molecule is c1ccc(N(c2ccc3ccccc3c2)c2c3ccccc3c(-c3ccc4oc5cc6c7ccccc7c7ccccc7c6cc5c4c3)c3ccccc23)cc1. The summed E-state index contributed by atoms with van der Waals surface area (Å²) in [7, 11) is 0. The van der Waals surface area contributed by atoms with Gasteiger partial charge in [-0.15, -0.1) is 0 Å². The predicted octanol–water partition coefficient (Wildman–Crippen LogP) is 15.6. The Balaban J connectivity index is 1.13. The second-order valence-electron chi connectivity index (χ2n) is 14.8. The van der Waals surface area contributed by atoms with Crippen LogP contribution in [0.2, 0.25) is 0 Å². The van der Waals surface area contributed by atoms with Crippen molar-refractivity contribution in [2.75, 3.05) is 4.90 Å². The van der Waals surface area contributed by atoms with Crippen LogP contribution in [0, 0.1) is 0 Å². The molecule has 0 N–H and O–H groups in total. The second kappa shape index (κ2) is 12.0. The first-order valence-corrected chi connectivity index (χ1v) is 19.3. The van der Waals surface area contributed by atoms with Crippen LogP contribution in [0.5, 0.6) is 0 Å². The molecule has 0 radical (unpaired) electrons. The van der Waals surface area contributed by atoms with Gasteiger partial charge >= 0.3 is 0 Å². The van der Waals surface area contributed by atoms with Gasteiger partial charge < -0.3 is 9.32 Å². The Bertz CT molecular complexity index is 3490. The molecule has 0 aliphatic carbocycles. The van der Waals surface area contributed by atoms with Crippen molar-refractivity contribution < 1.29 is 4.42 Å². The number of rotatable bonds is 4. The van der Waals surface area contributed by atoms with Crippen LogP contribution in [-0.4, -0.2) is 0 Å². The van der Waals surface area contributed by atoms with Gasteiger partial charge in [-0.25, -0.2) is 0 Å². The van der Waals surface area contributed by atoms with Gasteiger partial charge in [-0.05, 0) is 114 Å². The van der Waals surface area contributed by atoms with Crippen LogP contribution in [0.4, 0.5) is 17.1 Å². The van der Waals surface area contributed by atoms with E-state index in [0.29, 0.717) is 0 Å². The molecule has 12 rings (SSSR count). The van der Waals surface area contributed by atoms with E-state index in [1.807, 2.05) is 0 Å². The zero-order valence-electron chi connectivity index (χ0n) is 30.4. The Morgan fingerprint density at radius 3 is 1.46 bits per heavy atom. The minimum Gasteiger partial charge on any atom is -0.456 e. The summed E-state index contributed by atoms with van der Waals surface area (Å²) in [4.78, 5) is 2.44. The summed E-state index contributed by atoms with van der Waals surface area (Å²) < 4.78 is 6.66. The van der Waals surface area contributed by atoms with E-state index in [2.05, 4.69) is 205 Å². The normalized spacial score (nSPS) is 11.9. The summed E-state index contributed by atoms with van der Waals surface area (Å²) in [5, 5.41) is 17.0. The first-order chi connectivity index (χ1) is 27.8. The molecule has 260 valence electrons. The molecule has 0 unspecified atom stereocenters. The molecule has 0 saturated heterocycles. The average molecular weight is 712 g/mol. The van der Waals surface area contributed by atoms with Gasteiger partial charge in [-0.3, -0.25) is 0 Å². The molecule has 2 nitrogen and oxygen atoms in total. The molecular weight excluding hydrogens is 679 g/mol. The van der Waals surface area contributed by atoms with Gasteiger partial charge in [-0.2, -0.15) is 0 Å². The number of anilines is 3. The number of para-hydroxylation sites is 1. The molecule has 56 heavy (non-hydrogen) atoms. The van der Waals surface area contributed by atoms with Crippen LogP contribution >= 0.6 is 0 Å². The molecule has 0 saturated carbocycles. The molecule has 0 bridgehead atoms. The Labute approximate surface area is 323 Å². The summed E-state index contributed by atoms with van der Waals surface area (Å²) in [6, 6.07) is 72.8. The average Bonchev–Trinajstić information content (AvgIpc) is 3.63. The van der Waals surface area contributed by atoms with Crippen molar-refractivity contribution in [3.05, 3.63) is 200 Å². The minimum absolute atomic E-state index is 0.893. The molecule has 0 aliphatic heterocycles. The van der Waals surface area contributed by atoms with E-state index in [1.165, 1.54) is 81.4 Å². The lowest BCUT2D eigenvalue weighted by Gasteiger charge is -2.29. The highest BCUT2D eigenvalue weighted by molar-refractivity contribution is 6.29. The lowest BCUT2D eigenvalue weighted by Crippen LogP contribution is -2.11. The van der Waals surface area contributed by atoms with Gasteiger partial charge in [0.05, 0.1) is 5.69 Å². The molecule has 2 heteroatoms. The van der Waals surface area contributed by atoms with Crippen LogP contribution in [0.1, 0.15) is 0 Å². The van der Waals surface area contributed by atoms with Gasteiger partial charge in [-0.1, -0.05) is 152 Å². The van der Waals surface area contributed by atoms with Crippen molar-refractivity contribution in [1.29, 1.82) is 0 Å². The summed E-state index contributed by atoms with van der Waals surface area (Å²) in [6.45, 7) is 0. The van der Waals surface area contributed by atoms with Gasteiger partial charge in [0.25, 0.3) is 0 Å². The monoisotopic (exact) mass is 711 g/mol. The van der Waals surface area contributed by atoms with Gasteiger partial charge in [0.2, 0.25) is 0 Å². The molecule has 0 amide bonds. The van der Waals surface area contributed by atoms with Gasteiger partial charge in [0.15, 0.2) is 0 Å². The van der Waals surface area contributed by atoms with Crippen LogP contribution in [0.3, 0.4) is 0 Å². The van der Waals surface area contributed by atoms with E-state index in [4.69, 9.17) is 4.42 Å². The Morgan fingerprint density at radius 2 is 0.804 bits per heavy atom. The minimum atomic E-state index is 0.893. The topological polar surface area (TPSA) is 16.4 Å². The number of nitrogens with zero attached hydrogens (tertiary/aromatic N) is 1. The van der Waals surface area contributed by atoms with Gasteiger partial charge in [0.1, 0.15) is 11.2 Å². The van der Waals surface area contributed by atoms with E-state index in [9.17, 15) is 0 Å². The molecule has 12 aromatic rings. The Hall–Kier alpha value is -7.42. The summed E-state index contributed by atoms with van der Waals surface area (Å²) in [5.41, 5.74) is 7.59. The van der Waals surface area contributed by atoms with Crippen LogP contribution in [0.25, 0.3) is 97.7 Å². The standard InChI is InChI=1S/C54H33NO/c1-2-16-37(17-3-1)55(38-28-26-34-14-4-5-15-35(34)30-38)54-45-24-12-10-22-43(45)53(44-23-11-13-25-46(44)54)36-27-29-51-49(31-36)50-32-47-41-20-8-6-18-39(41)40-19-7-9-21-42(40)48(47)33-52(50)56-51/h1-33H. The van der Waals surface area contributed by atoms with Crippen molar-refractivity contribution in [2.45, 2.75) is 0 Å². The van der Waals surface area contributed by atoms with E-state index >= 15 is 0 Å². The summed E-state index contributed by atoms with van der Waals surface area (Å²) in [6.07, 6.45) is 0. The fourth-order valence-corrected chi connectivity index (χ4v) is 9.29. The van der Waals surface area contributed by atoms with Crippen molar-refractivity contribution >= 4 is 104 Å². The lowest BCUT2D eigenvalue weighted by molar-refractivity contribution is 0.669. The molecule has 11 aromatic carbocycles. The number of hydrogen-bond donors (Lipinski definition) is 0. The van der Waals surface area contributed by atoms with Gasteiger partial charge in [0, 0.05) is 32.9 Å². The molecular formula is C54H33NO. The second-order valence-corrected chi connectivity index (χ2v) is 14.8. The zero-order chi connectivity index (χ0) is 36.7. The molecule has 0 fully saturated rings. The van der Waals surface area contributed by atoms with E-state index in [0.717, 1.165) is 33.3 Å². The molecule has 0 aliphatic rings. The Morgan fingerprint density at radius 1 is 0.286 bits per heavy atom.